The average Bonchev–Trinajstić information content (AvgIpc) is 2.88. The number of amides is 1. The Morgan fingerprint density at radius 3 is 3.00 bits per heavy atom. The van der Waals surface area contributed by atoms with E-state index in [1.165, 1.54) is 4.90 Å². The summed E-state index contributed by atoms with van der Waals surface area (Å²) in [5.41, 5.74) is 0. The highest BCUT2D eigenvalue weighted by Crippen LogP contribution is 2.17. The van der Waals surface area contributed by atoms with Crippen molar-refractivity contribution in [2.24, 2.45) is 0 Å². The third-order valence-corrected chi connectivity index (χ3v) is 2.91. The Balaban J connectivity index is 2.05. The summed E-state index contributed by atoms with van der Waals surface area (Å²) >= 11 is 6.67. The van der Waals surface area contributed by atoms with Crippen LogP contribution in [-0.4, -0.2) is 28.1 Å². The fourth-order valence-electron chi connectivity index (χ4n) is 1.16. The van der Waals surface area contributed by atoms with Crippen molar-refractivity contribution in [1.29, 1.82) is 0 Å². The standard InChI is InChI=1S/C9H8ClN3O2S/c1-13(5-6-3-2-4-15-6)8(14)7-11-12-9(10)16-7/h2-4H,5H2,1H3. The molecular weight excluding hydrogens is 250 g/mol. The molecule has 0 aliphatic carbocycles. The molecule has 16 heavy (non-hydrogen) atoms. The second-order valence-corrected chi connectivity index (χ2v) is 4.66. The quantitative estimate of drug-likeness (QED) is 0.844. The zero-order valence-electron chi connectivity index (χ0n) is 8.38. The predicted octanol–water partition coefficient (Wildman–Crippen LogP) is 2.06. The van der Waals surface area contributed by atoms with Crippen LogP contribution in [0.1, 0.15) is 15.6 Å². The van der Waals surface area contributed by atoms with Gasteiger partial charge in [0.2, 0.25) is 9.47 Å². The fraction of sp³-hybridized carbons (Fsp3) is 0.222. The van der Waals surface area contributed by atoms with Gasteiger partial charge in [-0.05, 0) is 23.7 Å². The second-order valence-electron chi connectivity index (χ2n) is 3.10. The molecule has 0 N–H and O–H groups in total. The van der Waals surface area contributed by atoms with Crippen LogP contribution in [0.25, 0.3) is 0 Å². The molecule has 0 spiro atoms. The average molecular weight is 258 g/mol. The van der Waals surface area contributed by atoms with Crippen LogP contribution in [0.4, 0.5) is 0 Å². The monoisotopic (exact) mass is 257 g/mol. The van der Waals surface area contributed by atoms with E-state index in [-0.39, 0.29) is 15.4 Å². The van der Waals surface area contributed by atoms with Crippen molar-refractivity contribution in [3.05, 3.63) is 33.6 Å². The van der Waals surface area contributed by atoms with E-state index in [1.807, 2.05) is 0 Å². The van der Waals surface area contributed by atoms with Gasteiger partial charge >= 0.3 is 0 Å². The minimum absolute atomic E-state index is 0.221. The molecule has 0 atom stereocenters. The van der Waals surface area contributed by atoms with Crippen molar-refractivity contribution in [3.63, 3.8) is 0 Å². The summed E-state index contributed by atoms with van der Waals surface area (Å²) in [5.74, 6) is 0.493. The molecular formula is C9H8ClN3O2S. The lowest BCUT2D eigenvalue weighted by Crippen LogP contribution is -2.25. The molecule has 2 rings (SSSR count). The van der Waals surface area contributed by atoms with E-state index in [2.05, 4.69) is 10.2 Å². The van der Waals surface area contributed by atoms with Crippen LogP contribution in [0.5, 0.6) is 0 Å². The third-order valence-electron chi connectivity index (χ3n) is 1.90. The molecule has 2 heterocycles. The van der Waals surface area contributed by atoms with E-state index >= 15 is 0 Å². The zero-order chi connectivity index (χ0) is 11.5. The highest BCUT2D eigenvalue weighted by Gasteiger charge is 2.17. The first kappa shape index (κ1) is 11.1. The van der Waals surface area contributed by atoms with Crippen LogP contribution in [0, 0.1) is 0 Å². The SMILES string of the molecule is CN(Cc1ccco1)C(=O)c1nnc(Cl)s1. The molecule has 0 aliphatic rings. The molecule has 2 aromatic rings. The lowest BCUT2D eigenvalue weighted by Gasteiger charge is -2.13. The lowest BCUT2D eigenvalue weighted by molar-refractivity contribution is 0.0774. The second kappa shape index (κ2) is 4.63. The van der Waals surface area contributed by atoms with Gasteiger partial charge in [0.15, 0.2) is 0 Å². The van der Waals surface area contributed by atoms with Gasteiger partial charge in [0, 0.05) is 7.05 Å². The first-order valence-electron chi connectivity index (χ1n) is 4.43. The van der Waals surface area contributed by atoms with E-state index in [0.29, 0.717) is 12.3 Å². The van der Waals surface area contributed by atoms with Crippen LogP contribution in [0.3, 0.4) is 0 Å². The van der Waals surface area contributed by atoms with E-state index in [1.54, 1.807) is 25.4 Å². The highest BCUT2D eigenvalue weighted by molar-refractivity contribution is 7.17. The molecule has 0 aliphatic heterocycles. The number of nitrogens with zero attached hydrogens (tertiary/aromatic N) is 3. The number of hydrogen-bond acceptors (Lipinski definition) is 5. The maximum absolute atomic E-state index is 11.8. The number of hydrogen-bond donors (Lipinski definition) is 0. The first-order chi connectivity index (χ1) is 7.66. The van der Waals surface area contributed by atoms with E-state index in [0.717, 1.165) is 11.3 Å². The van der Waals surface area contributed by atoms with Crippen LogP contribution in [-0.2, 0) is 6.54 Å². The van der Waals surface area contributed by atoms with E-state index < -0.39 is 0 Å². The molecule has 0 saturated carbocycles. The minimum atomic E-state index is -0.221. The predicted molar refractivity (Wildman–Crippen MR) is 59.4 cm³/mol. The molecule has 84 valence electrons. The Morgan fingerprint density at radius 2 is 2.44 bits per heavy atom. The van der Waals surface area contributed by atoms with Gasteiger partial charge in [0.1, 0.15) is 5.76 Å². The number of halogens is 1. The molecule has 0 fully saturated rings. The Hall–Kier alpha value is -1.40. The molecule has 0 bridgehead atoms. The maximum Gasteiger partial charge on any atom is 0.285 e. The molecule has 2 aromatic heterocycles. The van der Waals surface area contributed by atoms with Gasteiger partial charge in [-0.25, -0.2) is 0 Å². The molecule has 0 radical (unpaired) electrons. The third kappa shape index (κ3) is 2.40. The Bertz CT molecular complexity index is 483. The largest absolute Gasteiger partial charge is 0.467 e. The van der Waals surface area contributed by atoms with Crippen molar-refractivity contribution in [3.8, 4) is 0 Å². The Kier molecular flexibility index (Phi) is 3.21. The normalized spacial score (nSPS) is 10.4. The summed E-state index contributed by atoms with van der Waals surface area (Å²) in [6.45, 7) is 0.392. The summed E-state index contributed by atoms with van der Waals surface area (Å²) in [7, 11) is 1.67. The summed E-state index contributed by atoms with van der Waals surface area (Å²) < 4.78 is 5.40. The van der Waals surface area contributed by atoms with Gasteiger partial charge in [0.05, 0.1) is 12.8 Å². The van der Waals surface area contributed by atoms with Gasteiger partial charge < -0.3 is 9.32 Å². The summed E-state index contributed by atoms with van der Waals surface area (Å²) in [5, 5.41) is 7.54. The zero-order valence-corrected chi connectivity index (χ0v) is 9.96. The molecule has 0 aromatic carbocycles. The summed E-state index contributed by atoms with van der Waals surface area (Å²) in [6.07, 6.45) is 1.56. The maximum atomic E-state index is 11.8. The summed E-state index contributed by atoms with van der Waals surface area (Å²) in [4.78, 5) is 13.3. The number of carbonyl (C=O) groups is 1. The van der Waals surface area contributed by atoms with Crippen molar-refractivity contribution >= 4 is 28.8 Å². The van der Waals surface area contributed by atoms with Gasteiger partial charge in [-0.15, -0.1) is 10.2 Å². The van der Waals surface area contributed by atoms with E-state index in [4.69, 9.17) is 16.0 Å². The van der Waals surface area contributed by atoms with E-state index in [9.17, 15) is 4.79 Å². The van der Waals surface area contributed by atoms with Crippen molar-refractivity contribution in [1.82, 2.24) is 15.1 Å². The topological polar surface area (TPSA) is 59.2 Å². The molecule has 0 unspecified atom stereocenters. The number of aromatic nitrogens is 2. The lowest BCUT2D eigenvalue weighted by atomic mass is 10.4. The van der Waals surface area contributed by atoms with Crippen LogP contribution >= 0.6 is 22.9 Å². The molecule has 7 heteroatoms. The summed E-state index contributed by atoms with van der Waals surface area (Å²) in [6, 6.07) is 3.58. The van der Waals surface area contributed by atoms with Crippen LogP contribution < -0.4 is 0 Å². The molecule has 1 amide bonds. The van der Waals surface area contributed by atoms with Crippen molar-refractivity contribution in [2.45, 2.75) is 6.54 Å². The number of rotatable bonds is 3. The van der Waals surface area contributed by atoms with Crippen LogP contribution in [0.2, 0.25) is 4.47 Å². The van der Waals surface area contributed by atoms with Gasteiger partial charge in [-0.3, -0.25) is 4.79 Å². The van der Waals surface area contributed by atoms with Crippen molar-refractivity contribution < 1.29 is 9.21 Å². The van der Waals surface area contributed by atoms with Gasteiger partial charge in [0.25, 0.3) is 5.91 Å². The molecule has 5 nitrogen and oxygen atoms in total. The first-order valence-corrected chi connectivity index (χ1v) is 5.63. The van der Waals surface area contributed by atoms with Gasteiger partial charge in [-0.2, -0.15) is 0 Å². The highest BCUT2D eigenvalue weighted by atomic mass is 35.5. The smallest absolute Gasteiger partial charge is 0.285 e. The minimum Gasteiger partial charge on any atom is -0.467 e. The number of furan rings is 1. The number of carbonyl (C=O) groups excluding carboxylic acids is 1. The van der Waals surface area contributed by atoms with Crippen LogP contribution in [0.15, 0.2) is 22.8 Å². The molecule has 0 saturated heterocycles. The Labute approximate surface area is 101 Å². The Morgan fingerprint density at radius 1 is 1.62 bits per heavy atom. The fourth-order valence-corrected chi connectivity index (χ4v) is 1.99. The van der Waals surface area contributed by atoms with Crippen molar-refractivity contribution in [2.75, 3.05) is 7.05 Å². The van der Waals surface area contributed by atoms with Gasteiger partial charge in [-0.1, -0.05) is 11.3 Å².